The van der Waals surface area contributed by atoms with E-state index in [1.807, 2.05) is 6.92 Å². The summed E-state index contributed by atoms with van der Waals surface area (Å²) in [5, 5.41) is 33.9. The number of fused-ring (bicyclic) bond motifs is 3. The molecule has 1 saturated heterocycles. The van der Waals surface area contributed by atoms with Crippen molar-refractivity contribution in [1.29, 1.82) is 0 Å². The number of ether oxygens (including phenoxy) is 2. The third kappa shape index (κ3) is 3.66. The molecular weight excluding hydrogens is 466 g/mol. The van der Waals surface area contributed by atoms with Crippen LogP contribution in [0.5, 0.6) is 11.5 Å². The van der Waals surface area contributed by atoms with E-state index in [0.29, 0.717) is 18.4 Å². The Hall–Kier alpha value is -3.11. The number of phenols is 2. The molecule has 2 aromatic carbocycles. The summed E-state index contributed by atoms with van der Waals surface area (Å²) in [5.41, 5.74) is 4.44. The fourth-order valence-electron chi connectivity index (χ4n) is 5.75. The van der Waals surface area contributed by atoms with E-state index in [4.69, 9.17) is 15.2 Å². The molecule has 1 heterocycles. The number of aliphatic hydroxyl groups is 1. The first-order chi connectivity index (χ1) is 16.9. The van der Waals surface area contributed by atoms with Crippen LogP contribution in [0.4, 0.5) is 0 Å². The van der Waals surface area contributed by atoms with Crippen LogP contribution < -0.4 is 5.73 Å². The number of hydrogen-bond acceptors (Lipinski definition) is 9. The highest BCUT2D eigenvalue weighted by atomic mass is 16.7. The molecule has 0 amide bonds. The normalized spacial score (nSPS) is 29.4. The van der Waals surface area contributed by atoms with Gasteiger partial charge in [0.1, 0.15) is 17.1 Å². The quantitative estimate of drug-likeness (QED) is 0.401. The van der Waals surface area contributed by atoms with Gasteiger partial charge < -0.3 is 30.5 Å². The van der Waals surface area contributed by atoms with Crippen molar-refractivity contribution in [3.8, 4) is 11.5 Å². The fourth-order valence-corrected chi connectivity index (χ4v) is 5.75. The second-order valence-corrected chi connectivity index (χ2v) is 10.2. The minimum Gasteiger partial charge on any atom is -0.507 e. The van der Waals surface area contributed by atoms with E-state index < -0.39 is 46.8 Å². The molecule has 0 bridgehead atoms. The van der Waals surface area contributed by atoms with Gasteiger partial charge in [-0.15, -0.1) is 0 Å². The fraction of sp³-hybridized carbons (Fsp3) is 0.444. The molecule has 0 aromatic heterocycles. The summed E-state index contributed by atoms with van der Waals surface area (Å²) in [5.74, 6) is -2.83. The Morgan fingerprint density at radius 1 is 1.11 bits per heavy atom. The first-order valence-corrected chi connectivity index (χ1v) is 12.0. The molecule has 36 heavy (non-hydrogen) atoms. The molecule has 5 atom stereocenters. The Morgan fingerprint density at radius 2 is 1.81 bits per heavy atom. The van der Waals surface area contributed by atoms with Crippen molar-refractivity contribution in [3.05, 3.63) is 57.1 Å². The third-order valence-corrected chi connectivity index (χ3v) is 7.59. The van der Waals surface area contributed by atoms with Crippen molar-refractivity contribution in [1.82, 2.24) is 0 Å². The number of rotatable bonds is 3. The van der Waals surface area contributed by atoms with E-state index in [1.54, 1.807) is 19.1 Å². The zero-order valence-electron chi connectivity index (χ0n) is 20.3. The van der Waals surface area contributed by atoms with Gasteiger partial charge in [-0.1, -0.05) is 18.2 Å². The summed E-state index contributed by atoms with van der Waals surface area (Å²) in [6.07, 6.45) is -1.71. The predicted molar refractivity (Wildman–Crippen MR) is 127 cm³/mol. The van der Waals surface area contributed by atoms with Gasteiger partial charge in [0, 0.05) is 47.6 Å². The summed E-state index contributed by atoms with van der Waals surface area (Å²) in [6.45, 7) is 4.76. The van der Waals surface area contributed by atoms with Gasteiger partial charge in [-0.2, -0.15) is 0 Å². The molecule has 2 aromatic rings. The molecule has 0 radical (unpaired) electrons. The minimum atomic E-state index is -1.92. The standard InChI is InChI=1S/C27H29NO8/c1-11-5-4-6-15-19(11)25(32)22-21(23(15)30)24(31)16-9-27(34,13(3)29)10-17(20(16)26(22)33)36-18-8-14(28)7-12(2)35-18/h4-6,12,14,17-18,31,33-34H,7-10,28H2,1-3H3/t12?,14?,17-,18?,27-/m0/s1. The van der Waals surface area contributed by atoms with Crippen molar-refractivity contribution in [2.45, 2.75) is 76.6 Å². The van der Waals surface area contributed by atoms with Crippen LogP contribution in [0.2, 0.25) is 0 Å². The number of aromatic hydroxyl groups is 2. The van der Waals surface area contributed by atoms with E-state index in [0.717, 1.165) is 0 Å². The number of carbonyl (C=O) groups excluding carboxylic acids is 3. The van der Waals surface area contributed by atoms with Crippen molar-refractivity contribution < 1.29 is 39.2 Å². The summed E-state index contributed by atoms with van der Waals surface area (Å²) in [4.78, 5) is 39.4. The molecule has 3 unspecified atom stereocenters. The van der Waals surface area contributed by atoms with Crippen molar-refractivity contribution in [2.24, 2.45) is 5.73 Å². The topological polar surface area (TPSA) is 156 Å². The van der Waals surface area contributed by atoms with Crippen LogP contribution in [0.15, 0.2) is 18.2 Å². The lowest BCUT2D eigenvalue weighted by atomic mass is 9.71. The molecule has 1 fully saturated rings. The van der Waals surface area contributed by atoms with Gasteiger partial charge in [-0.25, -0.2) is 0 Å². The van der Waals surface area contributed by atoms with Crippen molar-refractivity contribution in [3.63, 3.8) is 0 Å². The number of aryl methyl sites for hydroxylation is 1. The number of Topliss-reactive ketones (excluding diaryl/α,β-unsaturated/α-hetero) is 1. The van der Waals surface area contributed by atoms with Crippen molar-refractivity contribution in [2.75, 3.05) is 0 Å². The molecule has 0 spiro atoms. The molecule has 190 valence electrons. The van der Waals surface area contributed by atoms with Crippen molar-refractivity contribution >= 4 is 17.3 Å². The summed E-state index contributed by atoms with van der Waals surface area (Å²) in [7, 11) is 0. The Bertz CT molecular complexity index is 1310. The SMILES string of the molecule is CC(=O)[C@]1(O)Cc2c(O)c3c(c(O)c2[C@@H](OC2CC(N)CC(C)O2)C1)C(=O)c1c(C)cccc1C3=O. The maximum atomic E-state index is 13.5. The second kappa shape index (κ2) is 8.48. The number of carbonyl (C=O) groups is 3. The number of nitrogens with two attached hydrogens (primary N) is 1. The monoisotopic (exact) mass is 495 g/mol. The Labute approximate surface area is 207 Å². The van der Waals surface area contributed by atoms with Gasteiger partial charge in [0.25, 0.3) is 0 Å². The summed E-state index contributed by atoms with van der Waals surface area (Å²) in [6, 6.07) is 4.61. The third-order valence-electron chi connectivity index (χ3n) is 7.59. The molecule has 2 aliphatic carbocycles. The number of ketones is 3. The van der Waals surface area contributed by atoms with E-state index in [1.165, 1.54) is 13.0 Å². The highest BCUT2D eigenvalue weighted by molar-refractivity contribution is 6.31. The van der Waals surface area contributed by atoms with Gasteiger partial charge in [0.2, 0.25) is 0 Å². The summed E-state index contributed by atoms with van der Waals surface area (Å²) >= 11 is 0. The zero-order chi connectivity index (χ0) is 26.1. The first-order valence-electron chi connectivity index (χ1n) is 12.0. The van der Waals surface area contributed by atoms with Gasteiger partial charge in [-0.3, -0.25) is 14.4 Å². The van der Waals surface area contributed by atoms with Crippen LogP contribution in [0.1, 0.15) is 87.7 Å². The molecule has 0 saturated carbocycles. The van der Waals surface area contributed by atoms with Crippen LogP contribution in [-0.4, -0.2) is 56.7 Å². The molecule has 9 nitrogen and oxygen atoms in total. The maximum Gasteiger partial charge on any atom is 0.198 e. The van der Waals surface area contributed by atoms with Gasteiger partial charge in [-0.05, 0) is 32.8 Å². The highest BCUT2D eigenvalue weighted by Gasteiger charge is 2.48. The van der Waals surface area contributed by atoms with Gasteiger partial charge >= 0.3 is 0 Å². The Balaban J connectivity index is 1.70. The molecule has 9 heteroatoms. The van der Waals surface area contributed by atoms with Crippen LogP contribution in [0.25, 0.3) is 0 Å². The number of benzene rings is 2. The first kappa shape index (κ1) is 24.6. The highest BCUT2D eigenvalue weighted by Crippen LogP contribution is 2.52. The smallest absolute Gasteiger partial charge is 0.198 e. The maximum absolute atomic E-state index is 13.5. The van der Waals surface area contributed by atoms with Crippen LogP contribution in [0.3, 0.4) is 0 Å². The summed E-state index contributed by atoms with van der Waals surface area (Å²) < 4.78 is 12.0. The lowest BCUT2D eigenvalue weighted by molar-refractivity contribution is -0.225. The molecular formula is C27H29NO8. The average molecular weight is 496 g/mol. The lowest BCUT2D eigenvalue weighted by Gasteiger charge is -2.41. The Morgan fingerprint density at radius 3 is 2.47 bits per heavy atom. The Kier molecular flexibility index (Phi) is 5.79. The van der Waals surface area contributed by atoms with Crippen LogP contribution in [-0.2, 0) is 20.7 Å². The van der Waals surface area contributed by atoms with Crippen LogP contribution in [0, 0.1) is 6.92 Å². The minimum absolute atomic E-state index is 0.00869. The molecule has 3 aliphatic rings. The van der Waals surface area contributed by atoms with Crippen LogP contribution >= 0.6 is 0 Å². The lowest BCUT2D eigenvalue weighted by Crippen LogP contribution is -2.46. The van der Waals surface area contributed by atoms with E-state index in [9.17, 15) is 29.7 Å². The predicted octanol–water partition coefficient (Wildman–Crippen LogP) is 2.36. The second-order valence-electron chi connectivity index (χ2n) is 10.2. The van der Waals surface area contributed by atoms with Gasteiger partial charge in [0.15, 0.2) is 23.6 Å². The van der Waals surface area contributed by atoms with E-state index >= 15 is 0 Å². The molecule has 5 rings (SSSR count). The average Bonchev–Trinajstić information content (AvgIpc) is 2.78. The number of hydrogen-bond donors (Lipinski definition) is 4. The molecule has 5 N–H and O–H groups in total. The van der Waals surface area contributed by atoms with E-state index in [2.05, 4.69) is 0 Å². The zero-order valence-corrected chi connectivity index (χ0v) is 20.3. The van der Waals surface area contributed by atoms with E-state index in [-0.39, 0.29) is 58.4 Å². The number of phenolic OH excluding ortho intramolecular Hbond substituents is 2. The van der Waals surface area contributed by atoms with Gasteiger partial charge in [0.05, 0.1) is 23.3 Å². The molecule has 1 aliphatic heterocycles. The largest absolute Gasteiger partial charge is 0.507 e.